The van der Waals surface area contributed by atoms with Crippen LogP contribution < -0.4 is 5.43 Å². The molecule has 0 unspecified atom stereocenters. The molecule has 0 aliphatic rings. The molecule has 7 nitrogen and oxygen atoms in total. The molecule has 0 fully saturated rings. The molecule has 2 amide bonds. The van der Waals surface area contributed by atoms with Crippen LogP contribution in [0, 0.1) is 0 Å². The van der Waals surface area contributed by atoms with Crippen LogP contribution in [0.15, 0.2) is 0 Å². The van der Waals surface area contributed by atoms with Gasteiger partial charge >= 0.3 is 12.1 Å². The van der Waals surface area contributed by atoms with E-state index < -0.39 is 29.2 Å². The molecule has 122 valence electrons. The van der Waals surface area contributed by atoms with Crippen molar-refractivity contribution in [3.8, 4) is 0 Å². The molecule has 0 bridgehead atoms. The fourth-order valence-electron chi connectivity index (χ4n) is 1.18. The molecule has 1 N–H and O–H groups in total. The van der Waals surface area contributed by atoms with Gasteiger partial charge in [-0.05, 0) is 41.5 Å². The van der Waals surface area contributed by atoms with Crippen LogP contribution in [0.4, 0.5) is 4.79 Å². The van der Waals surface area contributed by atoms with Crippen LogP contribution in [-0.4, -0.2) is 45.2 Å². The summed E-state index contributed by atoms with van der Waals surface area (Å²) in [6, 6.07) is 0. The lowest BCUT2D eigenvalue weighted by molar-refractivity contribution is -0.159. The smallest absolute Gasteiger partial charge is 0.426 e. The van der Waals surface area contributed by atoms with Gasteiger partial charge in [-0.2, -0.15) is 0 Å². The Morgan fingerprint density at radius 1 is 1.00 bits per heavy atom. The van der Waals surface area contributed by atoms with Gasteiger partial charge in [-0.3, -0.25) is 9.59 Å². The summed E-state index contributed by atoms with van der Waals surface area (Å²) in [6.45, 7) is 9.88. The highest BCUT2D eigenvalue weighted by molar-refractivity contribution is 14.1. The average Bonchev–Trinajstić information content (AvgIpc) is 2.21. The number of esters is 1. The molecule has 0 heterocycles. The maximum Gasteiger partial charge on any atom is 0.426 e. The lowest BCUT2D eigenvalue weighted by Crippen LogP contribution is -2.51. The minimum absolute atomic E-state index is 0.107. The topological polar surface area (TPSA) is 84.9 Å². The van der Waals surface area contributed by atoms with E-state index in [4.69, 9.17) is 9.47 Å². The van der Waals surface area contributed by atoms with Crippen LogP contribution in [0.1, 0.15) is 41.5 Å². The lowest BCUT2D eigenvalue weighted by atomic mass is 10.2. The van der Waals surface area contributed by atoms with Gasteiger partial charge in [0.05, 0.1) is 4.43 Å². The Hall–Kier alpha value is -1.06. The highest BCUT2D eigenvalue weighted by Crippen LogP contribution is 2.09. The molecular formula is C13H23IN2O5. The van der Waals surface area contributed by atoms with Crippen molar-refractivity contribution in [2.45, 2.75) is 52.7 Å². The predicted molar refractivity (Wildman–Crippen MR) is 85.8 cm³/mol. The average molecular weight is 414 g/mol. The third-order valence-electron chi connectivity index (χ3n) is 1.75. The second-order valence-electron chi connectivity index (χ2n) is 6.31. The Balaban J connectivity index is 4.72. The van der Waals surface area contributed by atoms with Crippen molar-refractivity contribution in [3.63, 3.8) is 0 Å². The first-order valence-electron chi connectivity index (χ1n) is 6.42. The molecule has 0 rings (SSSR count). The van der Waals surface area contributed by atoms with Crippen molar-refractivity contribution in [2.75, 3.05) is 11.0 Å². The molecule has 0 atom stereocenters. The zero-order chi connectivity index (χ0) is 16.8. The first kappa shape index (κ1) is 19.9. The highest BCUT2D eigenvalue weighted by Gasteiger charge is 2.25. The number of amides is 2. The summed E-state index contributed by atoms with van der Waals surface area (Å²) >= 11 is 1.84. The van der Waals surface area contributed by atoms with Gasteiger partial charge in [-0.1, -0.05) is 22.6 Å². The number of carbonyl (C=O) groups excluding carboxylic acids is 3. The number of alkyl halides is 1. The van der Waals surface area contributed by atoms with Crippen molar-refractivity contribution in [2.24, 2.45) is 0 Å². The molecule has 0 aromatic rings. The van der Waals surface area contributed by atoms with Gasteiger partial charge in [0.15, 0.2) is 0 Å². The van der Waals surface area contributed by atoms with E-state index in [9.17, 15) is 14.4 Å². The number of hydrogen-bond acceptors (Lipinski definition) is 5. The number of rotatable bonds is 3. The van der Waals surface area contributed by atoms with Gasteiger partial charge in [0.2, 0.25) is 0 Å². The van der Waals surface area contributed by atoms with Crippen LogP contribution in [0.2, 0.25) is 0 Å². The zero-order valence-electron chi connectivity index (χ0n) is 13.3. The Kier molecular flexibility index (Phi) is 7.41. The highest BCUT2D eigenvalue weighted by atomic mass is 127. The number of nitrogens with zero attached hydrogens (tertiary/aromatic N) is 1. The van der Waals surface area contributed by atoms with Crippen LogP contribution in [-0.2, 0) is 19.1 Å². The van der Waals surface area contributed by atoms with E-state index in [-0.39, 0.29) is 11.0 Å². The van der Waals surface area contributed by atoms with Gasteiger partial charge in [-0.15, -0.1) is 0 Å². The van der Waals surface area contributed by atoms with Gasteiger partial charge in [-0.25, -0.2) is 15.2 Å². The van der Waals surface area contributed by atoms with Crippen molar-refractivity contribution in [1.29, 1.82) is 0 Å². The van der Waals surface area contributed by atoms with Crippen LogP contribution in [0.5, 0.6) is 0 Å². The number of nitrogens with one attached hydrogen (secondary N) is 1. The molecule has 0 aromatic heterocycles. The second kappa shape index (κ2) is 7.81. The first-order chi connectivity index (χ1) is 9.34. The molecule has 0 saturated heterocycles. The Morgan fingerprint density at radius 3 is 1.86 bits per heavy atom. The summed E-state index contributed by atoms with van der Waals surface area (Å²) in [4.78, 5) is 35.2. The van der Waals surface area contributed by atoms with Crippen molar-refractivity contribution < 1.29 is 23.9 Å². The minimum Gasteiger partial charge on any atom is -0.459 e. The van der Waals surface area contributed by atoms with E-state index in [1.54, 1.807) is 41.5 Å². The van der Waals surface area contributed by atoms with Gasteiger partial charge in [0.25, 0.3) is 5.91 Å². The van der Waals surface area contributed by atoms with Gasteiger partial charge in [0, 0.05) is 0 Å². The van der Waals surface area contributed by atoms with E-state index in [1.807, 2.05) is 22.6 Å². The maximum atomic E-state index is 11.8. The quantitative estimate of drug-likeness (QED) is 0.331. The molecule has 0 aliphatic carbocycles. The number of carbonyl (C=O) groups is 3. The molecule has 0 spiro atoms. The number of hydrogen-bond donors (Lipinski definition) is 1. The van der Waals surface area contributed by atoms with E-state index in [2.05, 4.69) is 5.43 Å². The third-order valence-corrected chi connectivity index (χ3v) is 2.40. The summed E-state index contributed by atoms with van der Waals surface area (Å²) in [7, 11) is 0. The zero-order valence-corrected chi connectivity index (χ0v) is 15.4. The summed E-state index contributed by atoms with van der Waals surface area (Å²) in [6.07, 6.45) is -0.802. The predicted octanol–water partition coefficient (Wildman–Crippen LogP) is 2.03. The summed E-state index contributed by atoms with van der Waals surface area (Å²) in [5, 5.41) is 0.897. The van der Waals surface area contributed by atoms with E-state index in [0.29, 0.717) is 0 Å². The van der Waals surface area contributed by atoms with Crippen LogP contribution in [0.3, 0.4) is 0 Å². The third kappa shape index (κ3) is 10.3. The summed E-state index contributed by atoms with van der Waals surface area (Å²) in [5.74, 6) is -1.04. The normalized spacial score (nSPS) is 11.6. The largest absolute Gasteiger partial charge is 0.459 e. The molecule has 0 aromatic carbocycles. The Labute approximate surface area is 138 Å². The molecule has 0 radical (unpaired) electrons. The van der Waals surface area contributed by atoms with Crippen molar-refractivity contribution >= 4 is 40.6 Å². The Morgan fingerprint density at radius 2 is 1.48 bits per heavy atom. The fraction of sp³-hybridized carbons (Fsp3) is 0.769. The van der Waals surface area contributed by atoms with E-state index >= 15 is 0 Å². The number of hydrazine groups is 1. The van der Waals surface area contributed by atoms with E-state index in [1.165, 1.54) is 0 Å². The maximum absolute atomic E-state index is 11.8. The van der Waals surface area contributed by atoms with Crippen LogP contribution in [0.25, 0.3) is 0 Å². The van der Waals surface area contributed by atoms with Crippen LogP contribution >= 0.6 is 22.6 Å². The lowest BCUT2D eigenvalue weighted by Gasteiger charge is -2.26. The monoisotopic (exact) mass is 414 g/mol. The van der Waals surface area contributed by atoms with Gasteiger partial charge < -0.3 is 9.47 Å². The van der Waals surface area contributed by atoms with E-state index in [0.717, 1.165) is 5.01 Å². The number of ether oxygens (including phenoxy) is 2. The first-order valence-corrected chi connectivity index (χ1v) is 7.94. The molecule has 0 aliphatic heterocycles. The molecular weight excluding hydrogens is 391 g/mol. The number of halogens is 1. The molecule has 8 heteroatoms. The standard InChI is InChI=1S/C13H23IN2O5/c1-12(2,3)20-10(18)8-16(9(17)7-14)15-11(19)21-13(4,5)6/h7-8H2,1-6H3,(H,15,19). The SMILES string of the molecule is CC(C)(C)OC(=O)CN(NC(=O)OC(C)(C)C)C(=O)CI. The molecule has 0 saturated carbocycles. The second-order valence-corrected chi connectivity index (χ2v) is 7.08. The van der Waals surface area contributed by atoms with Gasteiger partial charge in [0.1, 0.15) is 17.7 Å². The van der Waals surface area contributed by atoms with Crippen molar-refractivity contribution in [3.05, 3.63) is 0 Å². The summed E-state index contributed by atoms with van der Waals surface area (Å²) < 4.78 is 10.3. The fourth-order valence-corrected chi connectivity index (χ4v) is 1.59. The summed E-state index contributed by atoms with van der Waals surface area (Å²) in [5.41, 5.74) is 0.894. The minimum atomic E-state index is -0.802. The molecule has 21 heavy (non-hydrogen) atoms. The Bertz CT molecular complexity index is 368. The van der Waals surface area contributed by atoms with Crippen molar-refractivity contribution in [1.82, 2.24) is 10.4 Å².